The van der Waals surface area contributed by atoms with Crippen molar-refractivity contribution in [2.75, 3.05) is 13.1 Å². The summed E-state index contributed by atoms with van der Waals surface area (Å²) in [5.41, 5.74) is 3.99. The summed E-state index contributed by atoms with van der Waals surface area (Å²) in [5.74, 6) is 1.07. The summed E-state index contributed by atoms with van der Waals surface area (Å²) in [6.45, 7) is 14.9. The van der Waals surface area contributed by atoms with Gasteiger partial charge < -0.3 is 9.32 Å². The van der Waals surface area contributed by atoms with Crippen LogP contribution in [0.4, 0.5) is 0 Å². The molecule has 7 nitrogen and oxygen atoms in total. The van der Waals surface area contributed by atoms with Crippen LogP contribution >= 0.6 is 0 Å². The van der Waals surface area contributed by atoms with Crippen LogP contribution in [0.2, 0.25) is 0 Å². The van der Waals surface area contributed by atoms with Crippen LogP contribution in [-0.4, -0.2) is 43.9 Å². The molecule has 0 aliphatic carbocycles. The monoisotopic (exact) mass is 393 g/mol. The lowest BCUT2D eigenvalue weighted by molar-refractivity contribution is 0.0778. The van der Waals surface area contributed by atoms with Crippen molar-refractivity contribution in [2.45, 2.75) is 40.5 Å². The number of hydrogen-bond acceptors (Lipinski definition) is 5. The van der Waals surface area contributed by atoms with Gasteiger partial charge in [0, 0.05) is 31.3 Å². The minimum atomic E-state index is -0.0247. The Morgan fingerprint density at radius 2 is 2.03 bits per heavy atom. The topological polar surface area (TPSA) is 77.1 Å². The van der Waals surface area contributed by atoms with Crippen LogP contribution in [0.5, 0.6) is 0 Å². The SMILES string of the molecule is C=C(C)CN(CC)C(=O)c1cccc(-n2nc(-c3nnc(C)o3)cc2C(C)C)c1. The van der Waals surface area contributed by atoms with Crippen molar-refractivity contribution in [3.05, 3.63) is 59.6 Å². The Kier molecular flexibility index (Phi) is 5.96. The third kappa shape index (κ3) is 4.45. The van der Waals surface area contributed by atoms with Crippen LogP contribution in [0, 0.1) is 6.92 Å². The Hall–Kier alpha value is -3.22. The van der Waals surface area contributed by atoms with Gasteiger partial charge in [0.25, 0.3) is 11.8 Å². The molecule has 2 heterocycles. The number of benzene rings is 1. The fraction of sp³-hybridized carbons (Fsp3) is 0.364. The Balaban J connectivity index is 2.01. The zero-order chi connectivity index (χ0) is 21.1. The normalized spacial score (nSPS) is 11.1. The minimum absolute atomic E-state index is 0.0247. The Bertz CT molecular complexity index is 1030. The number of rotatable bonds is 7. The summed E-state index contributed by atoms with van der Waals surface area (Å²) in [7, 11) is 0. The standard InChI is InChI=1S/C22H27N5O2/c1-7-26(13-14(2)3)22(28)17-9-8-10-18(11-17)27-20(15(4)5)12-19(25-27)21-24-23-16(6)29-21/h8-12,15H,2,7,13H2,1,3-6H3. The molecular formula is C22H27N5O2. The van der Waals surface area contributed by atoms with E-state index in [1.807, 2.05) is 48.9 Å². The molecular weight excluding hydrogens is 366 g/mol. The van der Waals surface area contributed by atoms with E-state index in [2.05, 4.69) is 35.7 Å². The van der Waals surface area contributed by atoms with Crippen LogP contribution in [-0.2, 0) is 0 Å². The van der Waals surface area contributed by atoms with Gasteiger partial charge in [-0.2, -0.15) is 5.10 Å². The minimum Gasteiger partial charge on any atom is -0.420 e. The second-order valence-corrected chi connectivity index (χ2v) is 7.47. The molecule has 1 aromatic carbocycles. The summed E-state index contributed by atoms with van der Waals surface area (Å²) in [4.78, 5) is 14.7. The zero-order valence-electron chi connectivity index (χ0n) is 17.6. The lowest BCUT2D eigenvalue weighted by Crippen LogP contribution is -2.32. The number of aryl methyl sites for hydroxylation is 1. The van der Waals surface area contributed by atoms with Gasteiger partial charge in [0.2, 0.25) is 5.89 Å². The molecule has 0 radical (unpaired) electrons. The highest BCUT2D eigenvalue weighted by Gasteiger charge is 2.19. The predicted octanol–water partition coefficient (Wildman–Crippen LogP) is 4.39. The van der Waals surface area contributed by atoms with Crippen molar-refractivity contribution in [2.24, 2.45) is 0 Å². The molecule has 152 valence electrons. The number of carbonyl (C=O) groups excluding carboxylic acids is 1. The molecule has 0 aliphatic rings. The van der Waals surface area contributed by atoms with Gasteiger partial charge in [-0.15, -0.1) is 10.2 Å². The third-order valence-corrected chi connectivity index (χ3v) is 4.54. The zero-order valence-corrected chi connectivity index (χ0v) is 17.6. The first kappa shape index (κ1) is 20.5. The number of amides is 1. The van der Waals surface area contributed by atoms with Crippen LogP contribution < -0.4 is 0 Å². The summed E-state index contributed by atoms with van der Waals surface area (Å²) < 4.78 is 7.37. The first-order chi connectivity index (χ1) is 13.8. The lowest BCUT2D eigenvalue weighted by atomic mass is 10.1. The maximum absolute atomic E-state index is 13.0. The van der Waals surface area contributed by atoms with Crippen LogP contribution in [0.1, 0.15) is 55.6 Å². The van der Waals surface area contributed by atoms with E-state index in [1.54, 1.807) is 11.8 Å². The average Bonchev–Trinajstić information content (AvgIpc) is 3.32. The molecule has 7 heteroatoms. The van der Waals surface area contributed by atoms with Crippen LogP contribution in [0.3, 0.4) is 0 Å². The molecule has 0 unspecified atom stereocenters. The second kappa shape index (κ2) is 8.43. The number of hydrogen-bond donors (Lipinski definition) is 0. The van der Waals surface area contributed by atoms with Gasteiger partial charge in [-0.05, 0) is 44.0 Å². The average molecular weight is 393 g/mol. The molecule has 0 saturated heterocycles. The van der Waals surface area contributed by atoms with Crippen LogP contribution in [0.25, 0.3) is 17.3 Å². The van der Waals surface area contributed by atoms with E-state index in [0.717, 1.165) is 17.0 Å². The predicted molar refractivity (Wildman–Crippen MR) is 112 cm³/mol. The first-order valence-corrected chi connectivity index (χ1v) is 9.74. The lowest BCUT2D eigenvalue weighted by Gasteiger charge is -2.21. The molecule has 0 fully saturated rings. The fourth-order valence-corrected chi connectivity index (χ4v) is 3.12. The smallest absolute Gasteiger partial charge is 0.268 e. The largest absolute Gasteiger partial charge is 0.420 e. The number of aromatic nitrogens is 4. The van der Waals surface area contributed by atoms with Gasteiger partial charge in [0.15, 0.2) is 0 Å². The molecule has 0 aliphatic heterocycles. The van der Waals surface area contributed by atoms with Crippen molar-refractivity contribution < 1.29 is 9.21 Å². The molecule has 1 amide bonds. The number of nitrogens with zero attached hydrogens (tertiary/aromatic N) is 5. The molecule has 0 atom stereocenters. The molecule has 3 aromatic rings. The number of carbonyl (C=O) groups is 1. The van der Waals surface area contributed by atoms with Crippen molar-refractivity contribution in [3.63, 3.8) is 0 Å². The van der Waals surface area contributed by atoms with Crippen LogP contribution in [0.15, 0.2) is 46.9 Å². The molecule has 0 bridgehead atoms. The van der Waals surface area contributed by atoms with Crippen molar-refractivity contribution in [1.29, 1.82) is 0 Å². The molecule has 0 spiro atoms. The summed E-state index contributed by atoms with van der Waals surface area (Å²) in [6, 6.07) is 9.46. The highest BCUT2D eigenvalue weighted by molar-refractivity contribution is 5.95. The summed E-state index contributed by atoms with van der Waals surface area (Å²) >= 11 is 0. The van der Waals surface area contributed by atoms with E-state index >= 15 is 0 Å². The maximum atomic E-state index is 13.0. The molecule has 0 N–H and O–H groups in total. The van der Waals surface area contributed by atoms with Gasteiger partial charge in [0.05, 0.1) is 5.69 Å². The Morgan fingerprint density at radius 1 is 1.28 bits per heavy atom. The highest BCUT2D eigenvalue weighted by atomic mass is 16.4. The van der Waals surface area contributed by atoms with Gasteiger partial charge in [-0.25, -0.2) is 4.68 Å². The van der Waals surface area contributed by atoms with E-state index < -0.39 is 0 Å². The maximum Gasteiger partial charge on any atom is 0.268 e. The van der Waals surface area contributed by atoms with E-state index in [-0.39, 0.29) is 11.8 Å². The van der Waals surface area contributed by atoms with Gasteiger partial charge >= 0.3 is 0 Å². The third-order valence-electron chi connectivity index (χ3n) is 4.54. The molecule has 29 heavy (non-hydrogen) atoms. The first-order valence-electron chi connectivity index (χ1n) is 9.74. The second-order valence-electron chi connectivity index (χ2n) is 7.47. The number of likely N-dealkylation sites (N-methyl/N-ethyl adjacent to an activating group) is 1. The van der Waals surface area contributed by atoms with E-state index in [4.69, 9.17) is 4.42 Å². The van der Waals surface area contributed by atoms with E-state index in [1.165, 1.54) is 0 Å². The van der Waals surface area contributed by atoms with E-state index in [9.17, 15) is 4.79 Å². The molecule has 2 aromatic heterocycles. The highest BCUT2D eigenvalue weighted by Crippen LogP contribution is 2.26. The van der Waals surface area contributed by atoms with Gasteiger partial charge in [-0.1, -0.05) is 32.1 Å². The van der Waals surface area contributed by atoms with Crippen molar-refractivity contribution in [1.82, 2.24) is 24.9 Å². The Labute approximate surface area is 171 Å². The Morgan fingerprint density at radius 3 is 2.62 bits per heavy atom. The van der Waals surface area contributed by atoms with Gasteiger partial charge in [0.1, 0.15) is 5.69 Å². The summed E-state index contributed by atoms with van der Waals surface area (Å²) in [5, 5.41) is 12.6. The quantitative estimate of drug-likeness (QED) is 0.556. The molecule has 0 saturated carbocycles. The van der Waals surface area contributed by atoms with Gasteiger partial charge in [-0.3, -0.25) is 4.79 Å². The van der Waals surface area contributed by atoms with Crippen molar-refractivity contribution in [3.8, 4) is 17.3 Å². The fourth-order valence-electron chi connectivity index (χ4n) is 3.12. The summed E-state index contributed by atoms with van der Waals surface area (Å²) in [6.07, 6.45) is 0. The van der Waals surface area contributed by atoms with Crippen molar-refractivity contribution >= 4 is 5.91 Å². The molecule has 3 rings (SSSR count). The van der Waals surface area contributed by atoms with E-state index in [0.29, 0.717) is 36.1 Å².